The molecule has 0 bridgehead atoms. The quantitative estimate of drug-likeness (QED) is 0.189. The smallest absolute Gasteiger partial charge is 0.353 e. The molecule has 0 aromatic carbocycles. The summed E-state index contributed by atoms with van der Waals surface area (Å²) in [6.45, 7) is 10.1. The van der Waals surface area contributed by atoms with Gasteiger partial charge in [0.15, 0.2) is 5.79 Å². The lowest BCUT2D eigenvalue weighted by Gasteiger charge is -2.49. The topological polar surface area (TPSA) is 138 Å². The summed E-state index contributed by atoms with van der Waals surface area (Å²) >= 11 is 0. The standard InChI is InChI=1S/C23H48O15/c1-17(2,24-8)33-23(36-20(5,29-13)30-14,37-21(6,31-15)32-16)38-22(7,34-18(3,25-9)26-10)35-19(4,27-11)28-12/h1-16H3. The maximum atomic E-state index is 6.23. The number of methoxy groups -OCH3 is 9. The van der Waals surface area contributed by atoms with Gasteiger partial charge in [-0.15, -0.1) is 0 Å². The van der Waals surface area contributed by atoms with Crippen LogP contribution in [0.5, 0.6) is 0 Å². The third-order valence-electron chi connectivity index (χ3n) is 5.50. The highest BCUT2D eigenvalue weighted by Gasteiger charge is 2.59. The van der Waals surface area contributed by atoms with Gasteiger partial charge in [0.25, 0.3) is 29.9 Å². The number of hydrogen-bond donors (Lipinski definition) is 0. The Labute approximate surface area is 225 Å². The average Bonchev–Trinajstić information content (AvgIpc) is 2.87. The zero-order valence-electron chi connectivity index (χ0n) is 25.6. The van der Waals surface area contributed by atoms with Crippen LogP contribution in [0.4, 0.5) is 0 Å². The lowest BCUT2D eigenvalue weighted by atomic mass is 10.4. The van der Waals surface area contributed by atoms with Crippen LogP contribution in [-0.4, -0.2) is 106 Å². The minimum atomic E-state index is -2.72. The van der Waals surface area contributed by atoms with Gasteiger partial charge >= 0.3 is 6.16 Å². The van der Waals surface area contributed by atoms with E-state index in [-0.39, 0.29) is 0 Å². The maximum absolute atomic E-state index is 6.23. The minimum Gasteiger partial charge on any atom is -0.353 e. The van der Waals surface area contributed by atoms with Crippen molar-refractivity contribution in [2.45, 2.75) is 90.3 Å². The van der Waals surface area contributed by atoms with Gasteiger partial charge in [-0.3, -0.25) is 14.2 Å². The molecule has 0 aliphatic heterocycles. The van der Waals surface area contributed by atoms with Crippen molar-refractivity contribution >= 4 is 0 Å². The van der Waals surface area contributed by atoms with Crippen molar-refractivity contribution in [3.8, 4) is 0 Å². The zero-order valence-corrected chi connectivity index (χ0v) is 25.6. The van der Waals surface area contributed by atoms with Crippen LogP contribution in [0.1, 0.15) is 48.5 Å². The molecule has 0 aliphatic carbocycles. The molecule has 0 saturated carbocycles. The Morgan fingerprint density at radius 3 is 0.737 bits per heavy atom. The molecule has 0 spiro atoms. The molecule has 0 aromatic heterocycles. The monoisotopic (exact) mass is 564 g/mol. The molecule has 0 saturated heterocycles. The highest BCUT2D eigenvalue weighted by molar-refractivity contribution is 4.67. The molecular weight excluding hydrogens is 516 g/mol. The van der Waals surface area contributed by atoms with Gasteiger partial charge in [-0.05, 0) is 13.8 Å². The predicted octanol–water partition coefficient (Wildman–Crippen LogP) is 2.62. The van der Waals surface area contributed by atoms with Gasteiger partial charge in [0.05, 0.1) is 0 Å². The van der Waals surface area contributed by atoms with E-state index in [9.17, 15) is 0 Å². The lowest BCUT2D eigenvalue weighted by molar-refractivity contribution is -0.675. The summed E-state index contributed by atoms with van der Waals surface area (Å²) in [6, 6.07) is 0. The lowest BCUT2D eigenvalue weighted by Crippen LogP contribution is -2.64. The molecule has 0 aliphatic rings. The van der Waals surface area contributed by atoms with Crippen LogP contribution in [0.3, 0.4) is 0 Å². The van der Waals surface area contributed by atoms with Crippen LogP contribution < -0.4 is 0 Å². The first-order chi connectivity index (χ1) is 17.3. The normalized spacial score (nSPS) is 14.8. The Morgan fingerprint density at radius 1 is 0.263 bits per heavy atom. The van der Waals surface area contributed by atoms with E-state index in [1.807, 2.05) is 0 Å². The second-order valence-electron chi connectivity index (χ2n) is 8.66. The van der Waals surface area contributed by atoms with Crippen LogP contribution in [0, 0.1) is 0 Å². The van der Waals surface area contributed by atoms with Crippen molar-refractivity contribution in [2.75, 3.05) is 64.0 Å². The van der Waals surface area contributed by atoms with E-state index in [1.165, 1.54) is 98.6 Å². The van der Waals surface area contributed by atoms with Crippen LogP contribution >= 0.6 is 0 Å². The van der Waals surface area contributed by atoms with E-state index in [0.717, 1.165) is 0 Å². The highest BCUT2D eigenvalue weighted by atomic mass is 17.2. The largest absolute Gasteiger partial charge is 0.427 e. The van der Waals surface area contributed by atoms with Gasteiger partial charge in [-0.1, -0.05) is 0 Å². The molecule has 0 aromatic rings. The summed E-state index contributed by atoms with van der Waals surface area (Å²) in [5, 5.41) is 0. The van der Waals surface area contributed by atoms with Crippen molar-refractivity contribution < 1.29 is 71.1 Å². The maximum Gasteiger partial charge on any atom is 0.427 e. The van der Waals surface area contributed by atoms with Gasteiger partial charge in [-0.25, -0.2) is 14.2 Å². The summed E-state index contributed by atoms with van der Waals surface area (Å²) in [7, 11) is 12.0. The summed E-state index contributed by atoms with van der Waals surface area (Å²) in [6.07, 6.45) is -2.72. The number of ether oxygens (including phenoxy) is 15. The first kappa shape index (κ1) is 37.4. The highest BCUT2D eigenvalue weighted by Crippen LogP contribution is 2.41. The van der Waals surface area contributed by atoms with Crippen molar-refractivity contribution in [2.24, 2.45) is 0 Å². The molecule has 0 N–H and O–H groups in total. The molecule has 15 heteroatoms. The Morgan fingerprint density at radius 2 is 0.500 bits per heavy atom. The molecule has 0 fully saturated rings. The number of rotatable bonds is 21. The fourth-order valence-corrected chi connectivity index (χ4v) is 2.55. The van der Waals surface area contributed by atoms with E-state index in [1.54, 1.807) is 13.8 Å². The van der Waals surface area contributed by atoms with E-state index in [4.69, 9.17) is 71.1 Å². The van der Waals surface area contributed by atoms with Crippen molar-refractivity contribution in [1.29, 1.82) is 0 Å². The predicted molar refractivity (Wildman–Crippen MR) is 128 cm³/mol. The van der Waals surface area contributed by atoms with E-state index in [0.29, 0.717) is 0 Å². The molecule has 0 radical (unpaired) electrons. The second-order valence-corrected chi connectivity index (χ2v) is 8.66. The molecule has 0 rings (SSSR count). The van der Waals surface area contributed by atoms with Gasteiger partial charge in [0, 0.05) is 98.6 Å². The van der Waals surface area contributed by atoms with Gasteiger partial charge < -0.3 is 42.6 Å². The summed E-state index contributed by atoms with van der Waals surface area (Å²) < 4.78 is 84.8. The third kappa shape index (κ3) is 10.8. The van der Waals surface area contributed by atoms with Crippen molar-refractivity contribution in [3.63, 3.8) is 0 Å². The molecule has 0 atom stereocenters. The molecule has 0 amide bonds. The molecule has 38 heavy (non-hydrogen) atoms. The summed E-state index contributed by atoms with van der Waals surface area (Å²) in [5.74, 6) is -11.0. The van der Waals surface area contributed by atoms with Crippen LogP contribution in [0.25, 0.3) is 0 Å². The van der Waals surface area contributed by atoms with E-state index >= 15 is 0 Å². The first-order valence-corrected chi connectivity index (χ1v) is 11.5. The van der Waals surface area contributed by atoms with Crippen LogP contribution in [-0.2, 0) is 71.1 Å². The molecule has 0 heterocycles. The Balaban J connectivity index is 7.31. The van der Waals surface area contributed by atoms with Crippen LogP contribution in [0.15, 0.2) is 0 Å². The SMILES string of the molecule is COC(C)(C)OC(OC(C)(OC)OC)(OC(C)(OC)OC)OC(C)(OC(C)(OC)OC)OC(C)(OC)OC. The van der Waals surface area contributed by atoms with Crippen LogP contribution in [0.2, 0.25) is 0 Å². The van der Waals surface area contributed by atoms with Crippen molar-refractivity contribution in [1.82, 2.24) is 0 Å². The van der Waals surface area contributed by atoms with E-state index in [2.05, 4.69) is 0 Å². The van der Waals surface area contributed by atoms with Gasteiger partial charge in [0.1, 0.15) is 0 Å². The van der Waals surface area contributed by atoms with Gasteiger partial charge in [-0.2, -0.15) is 0 Å². The second kappa shape index (κ2) is 14.3. The van der Waals surface area contributed by atoms with E-state index < -0.39 is 41.8 Å². The fraction of sp³-hybridized carbons (Fsp3) is 1.00. The Kier molecular flexibility index (Phi) is 14.1. The first-order valence-electron chi connectivity index (χ1n) is 11.5. The van der Waals surface area contributed by atoms with Gasteiger partial charge in [0.2, 0.25) is 0 Å². The summed E-state index contributed by atoms with van der Waals surface area (Å²) in [5.41, 5.74) is 0. The Bertz CT molecular complexity index is 630. The minimum absolute atomic E-state index is 1.31. The zero-order chi connectivity index (χ0) is 30.1. The Hall–Kier alpha value is -0.600. The molecule has 15 nitrogen and oxygen atoms in total. The molecule has 230 valence electrons. The number of hydrogen-bond acceptors (Lipinski definition) is 15. The third-order valence-corrected chi connectivity index (χ3v) is 5.50. The fourth-order valence-electron chi connectivity index (χ4n) is 2.55. The van der Waals surface area contributed by atoms with Crippen molar-refractivity contribution in [3.05, 3.63) is 0 Å². The summed E-state index contributed by atoms with van der Waals surface area (Å²) in [4.78, 5) is 0. The average molecular weight is 565 g/mol. The molecule has 0 unspecified atom stereocenters. The molecular formula is C23H48O15.